The first-order valence-corrected chi connectivity index (χ1v) is 5.81. The van der Waals surface area contributed by atoms with Crippen LogP contribution in [0.2, 0.25) is 0 Å². The number of ether oxygens (including phenoxy) is 3. The highest BCUT2D eigenvalue weighted by Crippen LogP contribution is 2.28. The summed E-state index contributed by atoms with van der Waals surface area (Å²) in [6.45, 7) is 3.33. The van der Waals surface area contributed by atoms with E-state index in [0.717, 1.165) is 5.56 Å². The number of benzene rings is 1. The van der Waals surface area contributed by atoms with Gasteiger partial charge in [0.2, 0.25) is 0 Å². The van der Waals surface area contributed by atoms with Crippen molar-refractivity contribution in [1.82, 2.24) is 0 Å². The van der Waals surface area contributed by atoms with Gasteiger partial charge in [0.15, 0.2) is 12.4 Å². The Kier molecular flexibility index (Phi) is 3.55. The lowest BCUT2D eigenvalue weighted by molar-refractivity contribution is -0.148. The summed E-state index contributed by atoms with van der Waals surface area (Å²) in [5.41, 5.74) is 1.13. The molecule has 1 unspecified atom stereocenters. The first kappa shape index (κ1) is 12.5. The largest absolute Gasteiger partial charge is 0.458 e. The van der Waals surface area contributed by atoms with Gasteiger partial charge in [-0.3, -0.25) is 4.79 Å². The minimum absolute atomic E-state index is 0.111. The van der Waals surface area contributed by atoms with Crippen molar-refractivity contribution in [1.29, 1.82) is 0 Å². The minimum Gasteiger partial charge on any atom is -0.458 e. The lowest BCUT2D eigenvalue weighted by atomic mass is 10.1. The summed E-state index contributed by atoms with van der Waals surface area (Å²) in [7, 11) is 0. The maximum atomic E-state index is 10.7. The van der Waals surface area contributed by atoms with Crippen molar-refractivity contribution in [3.8, 4) is 0 Å². The van der Waals surface area contributed by atoms with Crippen molar-refractivity contribution < 1.29 is 19.0 Å². The Morgan fingerprint density at radius 1 is 1.33 bits per heavy atom. The Labute approximate surface area is 106 Å². The van der Waals surface area contributed by atoms with Crippen LogP contribution in [0.5, 0.6) is 0 Å². The molecule has 4 heteroatoms. The lowest BCUT2D eigenvalue weighted by Gasteiger charge is -2.24. The highest BCUT2D eigenvalue weighted by molar-refractivity contribution is 5.66. The number of rotatable bonds is 4. The molecule has 0 amide bonds. The van der Waals surface area contributed by atoms with Crippen LogP contribution in [0.1, 0.15) is 19.4 Å². The molecule has 0 saturated heterocycles. The van der Waals surface area contributed by atoms with Gasteiger partial charge in [-0.1, -0.05) is 30.3 Å². The van der Waals surface area contributed by atoms with Crippen molar-refractivity contribution in [2.45, 2.75) is 26.1 Å². The third kappa shape index (κ3) is 3.26. The smallest absolute Gasteiger partial charge is 0.303 e. The summed E-state index contributed by atoms with van der Waals surface area (Å²) in [5.74, 6) is -0.531. The molecule has 1 aliphatic heterocycles. The Morgan fingerprint density at radius 3 is 2.72 bits per heavy atom. The van der Waals surface area contributed by atoms with Crippen LogP contribution in [0.4, 0.5) is 0 Å². The van der Waals surface area contributed by atoms with Crippen molar-refractivity contribution >= 4 is 5.97 Å². The molecule has 0 aromatic heterocycles. The Morgan fingerprint density at radius 2 is 2.06 bits per heavy atom. The van der Waals surface area contributed by atoms with Gasteiger partial charge in [0.05, 0.1) is 0 Å². The zero-order chi connectivity index (χ0) is 13.0. The highest BCUT2D eigenvalue weighted by Gasteiger charge is 2.34. The molecular weight excluding hydrogens is 232 g/mol. The monoisotopic (exact) mass is 248 g/mol. The van der Waals surface area contributed by atoms with Crippen molar-refractivity contribution in [3.05, 3.63) is 47.9 Å². The molecule has 0 spiro atoms. The van der Waals surface area contributed by atoms with E-state index in [-0.39, 0.29) is 12.6 Å². The third-order valence-electron chi connectivity index (χ3n) is 2.57. The van der Waals surface area contributed by atoms with Crippen LogP contribution < -0.4 is 0 Å². The fourth-order valence-electron chi connectivity index (χ4n) is 1.80. The fourth-order valence-corrected chi connectivity index (χ4v) is 1.80. The molecule has 0 fully saturated rings. The summed E-state index contributed by atoms with van der Waals surface area (Å²) in [4.78, 5) is 10.7. The maximum absolute atomic E-state index is 10.7. The third-order valence-corrected chi connectivity index (χ3v) is 2.57. The molecule has 1 aromatic carbocycles. The normalized spacial score (nSPS) is 21.8. The SMILES string of the molecule is CC(=O)OCC1=COC(C)(Cc2ccccc2)O1. The summed E-state index contributed by atoms with van der Waals surface area (Å²) in [6, 6.07) is 9.94. The highest BCUT2D eigenvalue weighted by atomic mass is 16.7. The van der Waals surface area contributed by atoms with Gasteiger partial charge < -0.3 is 14.2 Å². The molecule has 96 valence electrons. The molecule has 0 radical (unpaired) electrons. The lowest BCUT2D eigenvalue weighted by Crippen LogP contribution is -2.29. The van der Waals surface area contributed by atoms with Gasteiger partial charge in [0.1, 0.15) is 6.26 Å². The van der Waals surface area contributed by atoms with Crippen LogP contribution in [-0.4, -0.2) is 18.4 Å². The molecule has 0 saturated carbocycles. The van der Waals surface area contributed by atoms with Gasteiger partial charge in [-0.05, 0) is 5.56 Å². The van der Waals surface area contributed by atoms with Gasteiger partial charge >= 0.3 is 5.97 Å². The second-order valence-corrected chi connectivity index (χ2v) is 4.38. The number of hydrogen-bond donors (Lipinski definition) is 0. The zero-order valence-corrected chi connectivity index (χ0v) is 10.5. The van der Waals surface area contributed by atoms with Crippen LogP contribution in [0.15, 0.2) is 42.4 Å². The van der Waals surface area contributed by atoms with Gasteiger partial charge in [-0.15, -0.1) is 0 Å². The van der Waals surface area contributed by atoms with Gasteiger partial charge in [-0.25, -0.2) is 0 Å². The molecule has 0 aliphatic carbocycles. The minimum atomic E-state index is -0.725. The maximum Gasteiger partial charge on any atom is 0.303 e. The van der Waals surface area contributed by atoms with E-state index in [4.69, 9.17) is 14.2 Å². The Balaban J connectivity index is 1.90. The average Bonchev–Trinajstić information content (AvgIpc) is 2.69. The number of carbonyl (C=O) groups excluding carboxylic acids is 1. The summed E-state index contributed by atoms with van der Waals surface area (Å²) in [6.07, 6.45) is 2.14. The molecular formula is C14H16O4. The van der Waals surface area contributed by atoms with E-state index in [1.54, 1.807) is 0 Å². The predicted molar refractivity (Wildman–Crippen MR) is 65.4 cm³/mol. The van der Waals surface area contributed by atoms with Crippen LogP contribution in [0.25, 0.3) is 0 Å². The fraction of sp³-hybridized carbons (Fsp3) is 0.357. The molecule has 4 nitrogen and oxygen atoms in total. The zero-order valence-electron chi connectivity index (χ0n) is 10.5. The predicted octanol–water partition coefficient (Wildman–Crippen LogP) is 2.40. The van der Waals surface area contributed by atoms with E-state index in [2.05, 4.69) is 0 Å². The molecule has 1 aromatic rings. The average molecular weight is 248 g/mol. The number of esters is 1. The molecule has 1 aliphatic rings. The summed E-state index contributed by atoms with van der Waals surface area (Å²) >= 11 is 0. The Hall–Kier alpha value is -1.97. The van der Waals surface area contributed by atoms with Crippen LogP contribution in [0, 0.1) is 0 Å². The molecule has 2 rings (SSSR count). The second-order valence-electron chi connectivity index (χ2n) is 4.38. The van der Waals surface area contributed by atoms with Crippen LogP contribution in [0.3, 0.4) is 0 Å². The van der Waals surface area contributed by atoms with Crippen molar-refractivity contribution in [3.63, 3.8) is 0 Å². The molecule has 0 bridgehead atoms. The van der Waals surface area contributed by atoms with Gasteiger partial charge in [0, 0.05) is 20.3 Å². The number of carbonyl (C=O) groups is 1. The topological polar surface area (TPSA) is 44.8 Å². The molecule has 18 heavy (non-hydrogen) atoms. The summed E-state index contributed by atoms with van der Waals surface area (Å²) < 4.78 is 16.0. The van der Waals surface area contributed by atoms with E-state index in [1.165, 1.54) is 13.2 Å². The van der Waals surface area contributed by atoms with E-state index in [9.17, 15) is 4.79 Å². The van der Waals surface area contributed by atoms with E-state index in [1.807, 2.05) is 37.3 Å². The first-order chi connectivity index (χ1) is 8.57. The standard InChI is InChI=1S/C14H16O4/c1-11(15)16-9-13-10-17-14(2,18-13)8-12-6-4-3-5-7-12/h3-7,10H,8-9H2,1-2H3. The summed E-state index contributed by atoms with van der Waals surface area (Å²) in [5, 5.41) is 0. The van der Waals surface area contributed by atoms with E-state index >= 15 is 0 Å². The first-order valence-electron chi connectivity index (χ1n) is 5.81. The Bertz CT molecular complexity index is 452. The van der Waals surface area contributed by atoms with E-state index in [0.29, 0.717) is 12.2 Å². The molecule has 1 heterocycles. The van der Waals surface area contributed by atoms with Crippen molar-refractivity contribution in [2.24, 2.45) is 0 Å². The molecule has 1 atom stereocenters. The van der Waals surface area contributed by atoms with Gasteiger partial charge in [-0.2, -0.15) is 0 Å². The van der Waals surface area contributed by atoms with Gasteiger partial charge in [0.25, 0.3) is 5.79 Å². The second kappa shape index (κ2) is 5.12. The number of hydrogen-bond acceptors (Lipinski definition) is 4. The van der Waals surface area contributed by atoms with E-state index < -0.39 is 5.79 Å². The quantitative estimate of drug-likeness (QED) is 0.767. The molecule has 0 N–H and O–H groups in total. The van der Waals surface area contributed by atoms with Crippen molar-refractivity contribution in [2.75, 3.05) is 6.61 Å². The van der Waals surface area contributed by atoms with Crippen LogP contribution in [-0.2, 0) is 25.4 Å². The van der Waals surface area contributed by atoms with Crippen LogP contribution >= 0.6 is 0 Å².